The van der Waals surface area contributed by atoms with Crippen LogP contribution in [0.5, 0.6) is 17.4 Å². The molecule has 2 aliphatic heterocycles. The Kier molecular flexibility index (Phi) is 4.03. The number of nitrogens with zero attached hydrogens (tertiary/aromatic N) is 3. The van der Waals surface area contributed by atoms with Crippen LogP contribution in [-0.4, -0.2) is 43.3 Å². The van der Waals surface area contributed by atoms with Gasteiger partial charge in [0.05, 0.1) is 37.6 Å². The molecular weight excluding hydrogens is 334 g/mol. The summed E-state index contributed by atoms with van der Waals surface area (Å²) in [6, 6.07) is 7.51. The molecule has 0 aliphatic carbocycles. The molecule has 1 atom stereocenters. The Labute approximate surface area is 150 Å². The summed E-state index contributed by atoms with van der Waals surface area (Å²) in [7, 11) is 1.60. The van der Waals surface area contributed by atoms with Crippen molar-refractivity contribution in [1.29, 1.82) is 5.26 Å². The highest BCUT2D eigenvalue weighted by Crippen LogP contribution is 2.49. The Bertz CT molecular complexity index is 903. The highest BCUT2D eigenvalue weighted by molar-refractivity contribution is 5.73. The third kappa shape index (κ3) is 2.49. The zero-order valence-corrected chi connectivity index (χ0v) is 14.4. The lowest BCUT2D eigenvalue weighted by molar-refractivity contribution is 0.0223. The molecule has 0 saturated carbocycles. The molecule has 2 aliphatic rings. The van der Waals surface area contributed by atoms with E-state index in [0.717, 1.165) is 18.7 Å². The van der Waals surface area contributed by atoms with Crippen molar-refractivity contribution in [3.05, 3.63) is 34.9 Å². The standard InChI is InChI=1S/C18H19N5O3/c1-24-10-2-3-11-13(8-10)26-18-14(15(20)12(9-19)17(21)22-18)16(11)23-4-6-25-7-5-23/h2-3,8,16H,4-7H2,1H3,(H4,20,21,22). The summed E-state index contributed by atoms with van der Waals surface area (Å²) in [5, 5.41) is 9.42. The zero-order valence-electron chi connectivity index (χ0n) is 14.4. The predicted molar refractivity (Wildman–Crippen MR) is 95.1 cm³/mol. The fraction of sp³-hybridized carbons (Fsp3) is 0.333. The average molecular weight is 353 g/mol. The van der Waals surface area contributed by atoms with Crippen molar-refractivity contribution in [2.45, 2.75) is 6.04 Å². The molecule has 4 N–H and O–H groups in total. The second-order valence-corrected chi connectivity index (χ2v) is 6.17. The molecule has 1 fully saturated rings. The average Bonchev–Trinajstić information content (AvgIpc) is 2.66. The van der Waals surface area contributed by atoms with Crippen LogP contribution in [0.4, 0.5) is 11.5 Å². The van der Waals surface area contributed by atoms with Crippen LogP contribution in [0.25, 0.3) is 0 Å². The van der Waals surface area contributed by atoms with Crippen LogP contribution in [0.3, 0.4) is 0 Å². The lowest BCUT2D eigenvalue weighted by atomic mass is 9.92. The van der Waals surface area contributed by atoms with Crippen LogP contribution in [0, 0.1) is 11.3 Å². The molecule has 1 aromatic carbocycles. The van der Waals surface area contributed by atoms with Crippen LogP contribution in [-0.2, 0) is 4.74 Å². The second-order valence-electron chi connectivity index (χ2n) is 6.17. The quantitative estimate of drug-likeness (QED) is 0.836. The number of methoxy groups -OCH3 is 1. The van der Waals surface area contributed by atoms with E-state index < -0.39 is 0 Å². The molecule has 1 saturated heterocycles. The molecule has 2 aromatic rings. The van der Waals surface area contributed by atoms with Crippen molar-refractivity contribution in [2.24, 2.45) is 0 Å². The SMILES string of the molecule is COc1ccc2c(c1)Oc1nc(N)c(C#N)c(N)c1C2N1CCOCC1. The molecule has 4 rings (SSSR count). The number of hydrogen-bond acceptors (Lipinski definition) is 8. The number of morpholine rings is 1. The summed E-state index contributed by atoms with van der Waals surface area (Å²) in [6.07, 6.45) is 0. The van der Waals surface area contributed by atoms with Gasteiger partial charge in [0, 0.05) is 24.7 Å². The number of nitrogens with two attached hydrogens (primary N) is 2. The number of benzene rings is 1. The molecular formula is C18H19N5O3. The van der Waals surface area contributed by atoms with Gasteiger partial charge in [-0.2, -0.15) is 10.2 Å². The van der Waals surface area contributed by atoms with Crippen LogP contribution < -0.4 is 20.9 Å². The summed E-state index contributed by atoms with van der Waals surface area (Å²) >= 11 is 0. The number of aromatic nitrogens is 1. The summed E-state index contributed by atoms with van der Waals surface area (Å²) in [4.78, 5) is 6.55. The molecule has 134 valence electrons. The first-order valence-electron chi connectivity index (χ1n) is 8.30. The molecule has 1 unspecified atom stereocenters. The van der Waals surface area contributed by atoms with Crippen molar-refractivity contribution in [1.82, 2.24) is 9.88 Å². The Morgan fingerprint density at radius 3 is 2.77 bits per heavy atom. The number of ether oxygens (including phenoxy) is 3. The van der Waals surface area contributed by atoms with Crippen LogP contribution >= 0.6 is 0 Å². The minimum absolute atomic E-state index is 0.0656. The first-order chi connectivity index (χ1) is 12.6. The first-order valence-corrected chi connectivity index (χ1v) is 8.30. The summed E-state index contributed by atoms with van der Waals surface area (Å²) in [5.41, 5.74) is 14.3. The molecule has 3 heterocycles. The fourth-order valence-corrected chi connectivity index (χ4v) is 3.50. The van der Waals surface area contributed by atoms with Crippen LogP contribution in [0.15, 0.2) is 18.2 Å². The third-order valence-corrected chi connectivity index (χ3v) is 4.79. The minimum atomic E-state index is -0.191. The maximum Gasteiger partial charge on any atom is 0.228 e. The Morgan fingerprint density at radius 2 is 2.08 bits per heavy atom. The lowest BCUT2D eigenvalue weighted by Gasteiger charge is -2.39. The van der Waals surface area contributed by atoms with E-state index in [1.54, 1.807) is 7.11 Å². The highest BCUT2D eigenvalue weighted by Gasteiger charge is 2.37. The van der Waals surface area contributed by atoms with Crippen molar-refractivity contribution in [3.8, 4) is 23.4 Å². The monoisotopic (exact) mass is 353 g/mol. The number of hydrogen-bond donors (Lipinski definition) is 2. The number of rotatable bonds is 2. The van der Waals surface area contributed by atoms with Crippen LogP contribution in [0.1, 0.15) is 22.7 Å². The van der Waals surface area contributed by atoms with Crippen molar-refractivity contribution < 1.29 is 14.2 Å². The largest absolute Gasteiger partial charge is 0.497 e. The van der Waals surface area contributed by atoms with E-state index in [0.29, 0.717) is 41.8 Å². The molecule has 0 bridgehead atoms. The van der Waals surface area contributed by atoms with E-state index in [1.165, 1.54) is 0 Å². The summed E-state index contributed by atoms with van der Waals surface area (Å²) in [6.45, 7) is 2.74. The van der Waals surface area contributed by atoms with Gasteiger partial charge in [-0.1, -0.05) is 0 Å². The van der Waals surface area contributed by atoms with Gasteiger partial charge in [0.1, 0.15) is 28.9 Å². The molecule has 0 spiro atoms. The Hall–Kier alpha value is -3.02. The molecule has 0 radical (unpaired) electrons. The maximum absolute atomic E-state index is 9.42. The van der Waals surface area contributed by atoms with Gasteiger partial charge >= 0.3 is 0 Å². The summed E-state index contributed by atoms with van der Waals surface area (Å²) < 4.78 is 16.8. The maximum atomic E-state index is 9.42. The highest BCUT2D eigenvalue weighted by atomic mass is 16.5. The normalized spacial score (nSPS) is 19.0. The molecule has 8 heteroatoms. The molecule has 8 nitrogen and oxygen atoms in total. The topological polar surface area (TPSA) is 120 Å². The van der Waals surface area contributed by atoms with Crippen LogP contribution in [0.2, 0.25) is 0 Å². The van der Waals surface area contributed by atoms with Gasteiger partial charge in [-0.25, -0.2) is 0 Å². The minimum Gasteiger partial charge on any atom is -0.497 e. The van der Waals surface area contributed by atoms with E-state index in [-0.39, 0.29) is 17.4 Å². The van der Waals surface area contributed by atoms with Gasteiger partial charge in [-0.05, 0) is 12.1 Å². The van der Waals surface area contributed by atoms with Gasteiger partial charge in [0.15, 0.2) is 0 Å². The van der Waals surface area contributed by atoms with Crippen molar-refractivity contribution >= 4 is 11.5 Å². The van der Waals surface area contributed by atoms with E-state index >= 15 is 0 Å². The van der Waals surface area contributed by atoms with Gasteiger partial charge in [-0.3, -0.25) is 4.90 Å². The van der Waals surface area contributed by atoms with Gasteiger partial charge in [0.25, 0.3) is 0 Å². The van der Waals surface area contributed by atoms with Crippen molar-refractivity contribution in [3.63, 3.8) is 0 Å². The van der Waals surface area contributed by atoms with E-state index in [1.807, 2.05) is 24.3 Å². The summed E-state index contributed by atoms with van der Waals surface area (Å²) in [5.74, 6) is 1.72. The Morgan fingerprint density at radius 1 is 1.31 bits per heavy atom. The predicted octanol–water partition coefficient (Wildman–Crippen LogP) is 1.65. The van der Waals surface area contributed by atoms with E-state index in [2.05, 4.69) is 9.88 Å². The number of nitriles is 1. The third-order valence-electron chi connectivity index (χ3n) is 4.79. The number of pyridine rings is 1. The molecule has 0 amide bonds. The Balaban J connectivity index is 1.93. The van der Waals surface area contributed by atoms with Crippen molar-refractivity contribution in [2.75, 3.05) is 44.9 Å². The lowest BCUT2D eigenvalue weighted by Crippen LogP contribution is -2.41. The van der Waals surface area contributed by atoms with E-state index in [4.69, 9.17) is 25.7 Å². The molecule has 1 aromatic heterocycles. The molecule has 26 heavy (non-hydrogen) atoms. The van der Waals surface area contributed by atoms with E-state index in [9.17, 15) is 5.26 Å². The van der Waals surface area contributed by atoms with Gasteiger partial charge < -0.3 is 25.7 Å². The van der Waals surface area contributed by atoms with Gasteiger partial charge in [0.2, 0.25) is 5.88 Å². The smallest absolute Gasteiger partial charge is 0.228 e. The number of fused-ring (bicyclic) bond motifs is 2. The zero-order chi connectivity index (χ0) is 18.3. The fourth-order valence-electron chi connectivity index (χ4n) is 3.50. The first kappa shape index (κ1) is 16.4. The number of nitrogen functional groups attached to an aromatic ring is 2. The number of anilines is 2. The van der Waals surface area contributed by atoms with Gasteiger partial charge in [-0.15, -0.1) is 0 Å². The second kappa shape index (κ2) is 6.37.